The molecule has 2 aromatic carbocycles. The van der Waals surface area contributed by atoms with Crippen molar-refractivity contribution in [2.75, 3.05) is 51.2 Å². The van der Waals surface area contributed by atoms with E-state index in [1.807, 2.05) is 55.1 Å². The minimum Gasteiger partial charge on any atom is -0.368 e. The van der Waals surface area contributed by atoms with Crippen molar-refractivity contribution in [1.29, 1.82) is 0 Å². The van der Waals surface area contributed by atoms with Gasteiger partial charge in [-0.25, -0.2) is 4.39 Å². The van der Waals surface area contributed by atoms with Crippen molar-refractivity contribution >= 4 is 41.5 Å². The van der Waals surface area contributed by atoms with Gasteiger partial charge in [0.15, 0.2) is 5.96 Å². The Labute approximate surface area is 207 Å². The standard InChI is InChI=1S/C24H32FN5O.HI/c1-4-28(5-2)23(31)20-8-6-19(7-9-20)18-27-24(26-3)30-16-14-29(15-17-30)22-12-10-21(25)11-13-22;/h6-13H,4-5,14-18H2,1-3H3,(H,26,27);1H. The third-order valence-electron chi connectivity index (χ3n) is 5.68. The van der Waals surface area contributed by atoms with Crippen LogP contribution in [0.15, 0.2) is 53.5 Å². The first-order valence-corrected chi connectivity index (χ1v) is 10.9. The molecule has 0 bridgehead atoms. The molecule has 32 heavy (non-hydrogen) atoms. The van der Waals surface area contributed by atoms with Gasteiger partial charge in [-0.2, -0.15) is 0 Å². The van der Waals surface area contributed by atoms with E-state index in [2.05, 4.69) is 20.1 Å². The zero-order valence-electron chi connectivity index (χ0n) is 19.1. The first-order chi connectivity index (χ1) is 15.0. The Morgan fingerprint density at radius 1 is 1.00 bits per heavy atom. The minimum absolute atomic E-state index is 0. The van der Waals surface area contributed by atoms with Crippen LogP contribution < -0.4 is 10.2 Å². The Morgan fingerprint density at radius 3 is 2.12 bits per heavy atom. The smallest absolute Gasteiger partial charge is 0.253 e. The van der Waals surface area contributed by atoms with Gasteiger partial charge in [0, 0.05) is 64.1 Å². The van der Waals surface area contributed by atoms with Gasteiger partial charge >= 0.3 is 0 Å². The molecule has 0 radical (unpaired) electrons. The second-order valence-corrected chi connectivity index (χ2v) is 7.53. The lowest BCUT2D eigenvalue weighted by Crippen LogP contribution is -2.52. The van der Waals surface area contributed by atoms with Crippen LogP contribution in [-0.4, -0.2) is 68.0 Å². The molecule has 1 fully saturated rings. The summed E-state index contributed by atoms with van der Waals surface area (Å²) in [5.41, 5.74) is 2.86. The lowest BCUT2D eigenvalue weighted by molar-refractivity contribution is 0.0773. The highest BCUT2D eigenvalue weighted by Crippen LogP contribution is 2.17. The summed E-state index contributed by atoms with van der Waals surface area (Å²) in [6.45, 7) is 9.44. The molecular formula is C24H33FIN5O. The van der Waals surface area contributed by atoms with Gasteiger partial charge in [0.25, 0.3) is 5.91 Å². The molecule has 1 heterocycles. The summed E-state index contributed by atoms with van der Waals surface area (Å²) in [5, 5.41) is 3.42. The number of guanidine groups is 1. The van der Waals surface area contributed by atoms with Gasteiger partial charge in [-0.1, -0.05) is 12.1 Å². The molecule has 6 nitrogen and oxygen atoms in total. The van der Waals surface area contributed by atoms with Crippen molar-refractivity contribution in [3.05, 3.63) is 65.5 Å². The maximum atomic E-state index is 13.2. The van der Waals surface area contributed by atoms with Gasteiger partial charge in [-0.05, 0) is 55.8 Å². The van der Waals surface area contributed by atoms with Crippen LogP contribution in [0.25, 0.3) is 0 Å². The molecule has 2 aromatic rings. The number of hydrogen-bond donors (Lipinski definition) is 1. The summed E-state index contributed by atoms with van der Waals surface area (Å²) in [4.78, 5) is 23.2. The number of nitrogens with zero attached hydrogens (tertiary/aromatic N) is 4. The van der Waals surface area contributed by atoms with Crippen molar-refractivity contribution in [3.63, 3.8) is 0 Å². The number of carbonyl (C=O) groups is 1. The topological polar surface area (TPSA) is 51.2 Å². The summed E-state index contributed by atoms with van der Waals surface area (Å²) >= 11 is 0. The summed E-state index contributed by atoms with van der Waals surface area (Å²) in [7, 11) is 1.79. The summed E-state index contributed by atoms with van der Waals surface area (Å²) < 4.78 is 13.2. The van der Waals surface area contributed by atoms with Crippen LogP contribution in [0, 0.1) is 5.82 Å². The lowest BCUT2D eigenvalue weighted by Gasteiger charge is -2.37. The van der Waals surface area contributed by atoms with E-state index in [0.29, 0.717) is 25.2 Å². The Kier molecular flexibility index (Phi) is 10.2. The Bertz CT molecular complexity index is 876. The molecule has 1 aliphatic heterocycles. The second-order valence-electron chi connectivity index (χ2n) is 7.53. The maximum Gasteiger partial charge on any atom is 0.253 e. The number of piperazine rings is 1. The van der Waals surface area contributed by atoms with Crippen LogP contribution >= 0.6 is 24.0 Å². The average Bonchev–Trinajstić information content (AvgIpc) is 2.81. The van der Waals surface area contributed by atoms with E-state index in [4.69, 9.17) is 0 Å². The van der Waals surface area contributed by atoms with Gasteiger partial charge < -0.3 is 20.0 Å². The quantitative estimate of drug-likeness (QED) is 0.336. The molecule has 1 aliphatic rings. The van der Waals surface area contributed by atoms with Gasteiger partial charge in [0.2, 0.25) is 0 Å². The zero-order valence-corrected chi connectivity index (χ0v) is 21.4. The number of nitrogens with one attached hydrogen (secondary N) is 1. The van der Waals surface area contributed by atoms with Crippen molar-refractivity contribution in [2.45, 2.75) is 20.4 Å². The minimum atomic E-state index is -0.211. The number of anilines is 1. The summed E-state index contributed by atoms with van der Waals surface area (Å²) in [6, 6.07) is 14.4. The number of carbonyl (C=O) groups excluding carboxylic acids is 1. The third kappa shape index (κ3) is 6.57. The Morgan fingerprint density at radius 2 is 1.59 bits per heavy atom. The number of rotatable bonds is 6. The fourth-order valence-electron chi connectivity index (χ4n) is 3.80. The van der Waals surface area contributed by atoms with Crippen molar-refractivity contribution < 1.29 is 9.18 Å². The van der Waals surface area contributed by atoms with Crippen molar-refractivity contribution in [3.8, 4) is 0 Å². The van der Waals surface area contributed by atoms with E-state index in [0.717, 1.165) is 43.4 Å². The molecule has 174 valence electrons. The van der Waals surface area contributed by atoms with Crippen LogP contribution in [0.4, 0.5) is 10.1 Å². The number of benzene rings is 2. The summed E-state index contributed by atoms with van der Waals surface area (Å²) in [5.74, 6) is 0.721. The largest absolute Gasteiger partial charge is 0.368 e. The SMILES string of the molecule is CCN(CC)C(=O)c1ccc(CNC(=NC)N2CCN(c3ccc(F)cc3)CC2)cc1.I. The van der Waals surface area contributed by atoms with E-state index >= 15 is 0 Å². The van der Waals surface area contributed by atoms with Crippen LogP contribution in [0.3, 0.4) is 0 Å². The Hall–Kier alpha value is -2.36. The van der Waals surface area contributed by atoms with E-state index in [-0.39, 0.29) is 35.7 Å². The fraction of sp³-hybridized carbons (Fsp3) is 0.417. The zero-order chi connectivity index (χ0) is 22.2. The fourth-order valence-corrected chi connectivity index (χ4v) is 3.80. The molecule has 3 rings (SSSR count). The number of halogens is 2. The van der Waals surface area contributed by atoms with E-state index in [9.17, 15) is 9.18 Å². The van der Waals surface area contributed by atoms with E-state index in [1.54, 1.807) is 7.05 Å². The highest BCUT2D eigenvalue weighted by Gasteiger charge is 2.20. The van der Waals surface area contributed by atoms with Gasteiger partial charge in [-0.3, -0.25) is 9.79 Å². The summed E-state index contributed by atoms with van der Waals surface area (Å²) in [6.07, 6.45) is 0. The predicted octanol–water partition coefficient (Wildman–Crippen LogP) is 3.82. The van der Waals surface area contributed by atoms with E-state index < -0.39 is 0 Å². The van der Waals surface area contributed by atoms with Gasteiger partial charge in [0.05, 0.1) is 0 Å². The molecule has 1 amide bonds. The van der Waals surface area contributed by atoms with E-state index in [1.165, 1.54) is 12.1 Å². The highest BCUT2D eigenvalue weighted by molar-refractivity contribution is 14.0. The molecule has 0 spiro atoms. The highest BCUT2D eigenvalue weighted by atomic mass is 127. The monoisotopic (exact) mass is 553 g/mol. The molecule has 0 aromatic heterocycles. The first-order valence-electron chi connectivity index (χ1n) is 10.9. The average molecular weight is 553 g/mol. The molecule has 0 atom stereocenters. The first kappa shape index (κ1) is 25.9. The lowest BCUT2D eigenvalue weighted by atomic mass is 10.1. The molecule has 0 aliphatic carbocycles. The third-order valence-corrected chi connectivity index (χ3v) is 5.68. The van der Waals surface area contributed by atoms with Crippen molar-refractivity contribution in [1.82, 2.24) is 15.1 Å². The predicted molar refractivity (Wildman–Crippen MR) is 139 cm³/mol. The van der Waals surface area contributed by atoms with Crippen LogP contribution in [-0.2, 0) is 6.54 Å². The van der Waals surface area contributed by atoms with Gasteiger partial charge in [-0.15, -0.1) is 24.0 Å². The molecule has 1 N–H and O–H groups in total. The number of hydrogen-bond acceptors (Lipinski definition) is 3. The van der Waals surface area contributed by atoms with Crippen LogP contribution in [0.2, 0.25) is 0 Å². The normalized spacial score (nSPS) is 14.1. The van der Waals surface area contributed by atoms with Crippen molar-refractivity contribution in [2.24, 2.45) is 4.99 Å². The number of aliphatic imine (C=N–C) groups is 1. The van der Waals surface area contributed by atoms with Gasteiger partial charge in [0.1, 0.15) is 5.82 Å². The van der Waals surface area contributed by atoms with Crippen LogP contribution in [0.5, 0.6) is 0 Å². The molecule has 0 unspecified atom stereocenters. The maximum absolute atomic E-state index is 13.2. The second kappa shape index (κ2) is 12.6. The molecule has 1 saturated heterocycles. The van der Waals surface area contributed by atoms with Crippen LogP contribution in [0.1, 0.15) is 29.8 Å². The Balaban J connectivity index is 0.00000363. The molecule has 0 saturated carbocycles. The number of amides is 1. The molecular weight excluding hydrogens is 520 g/mol. The molecule has 8 heteroatoms.